The molecule has 0 amide bonds. The smallest absolute Gasteiger partial charge is 0.488 e. The lowest BCUT2D eigenvalue weighted by Gasteiger charge is -2.08. The Morgan fingerprint density at radius 2 is 1.81 bits per heavy atom. The van der Waals surface area contributed by atoms with Crippen molar-refractivity contribution in [2.24, 2.45) is 0 Å². The SMILES string of the molecule is OB(O)c1ccc(COc2ccc3cccnc3c2)cc1. The summed E-state index contributed by atoms with van der Waals surface area (Å²) in [6.07, 6.45) is 1.75. The molecule has 0 aliphatic rings. The molecule has 0 bridgehead atoms. The number of aromatic nitrogens is 1. The van der Waals surface area contributed by atoms with Crippen LogP contribution in [0.4, 0.5) is 0 Å². The lowest BCUT2D eigenvalue weighted by Crippen LogP contribution is -2.29. The highest BCUT2D eigenvalue weighted by Gasteiger charge is 2.09. The van der Waals surface area contributed by atoms with E-state index in [1.807, 2.05) is 42.5 Å². The summed E-state index contributed by atoms with van der Waals surface area (Å²) in [5.74, 6) is 0.757. The molecule has 1 aromatic heterocycles. The standard InChI is InChI=1S/C16H14BNO3/c19-17(20)14-6-3-12(4-7-14)11-21-15-8-5-13-2-1-9-18-16(13)10-15/h1-10,19-20H,11H2. The Kier molecular flexibility index (Phi) is 3.86. The fraction of sp³-hybridized carbons (Fsp3) is 0.0625. The number of hydrogen-bond acceptors (Lipinski definition) is 4. The first kappa shape index (κ1) is 13.6. The van der Waals surface area contributed by atoms with Gasteiger partial charge in [-0.25, -0.2) is 0 Å². The number of ether oxygens (including phenoxy) is 1. The van der Waals surface area contributed by atoms with Crippen molar-refractivity contribution in [3.63, 3.8) is 0 Å². The molecule has 21 heavy (non-hydrogen) atoms. The predicted octanol–water partition coefficient (Wildman–Crippen LogP) is 1.49. The monoisotopic (exact) mass is 279 g/mol. The summed E-state index contributed by atoms with van der Waals surface area (Å²) in [6, 6.07) is 16.7. The third kappa shape index (κ3) is 3.21. The van der Waals surface area contributed by atoms with Crippen molar-refractivity contribution in [2.45, 2.75) is 6.61 Å². The summed E-state index contributed by atoms with van der Waals surface area (Å²) in [6.45, 7) is 0.417. The number of benzene rings is 2. The van der Waals surface area contributed by atoms with Crippen LogP contribution in [0.2, 0.25) is 0 Å². The molecule has 0 unspecified atom stereocenters. The third-order valence-electron chi connectivity index (χ3n) is 3.26. The molecule has 0 saturated heterocycles. The quantitative estimate of drug-likeness (QED) is 0.710. The average Bonchev–Trinajstić information content (AvgIpc) is 2.53. The molecule has 0 aliphatic heterocycles. The van der Waals surface area contributed by atoms with Crippen molar-refractivity contribution in [3.8, 4) is 5.75 Å². The van der Waals surface area contributed by atoms with Crippen LogP contribution in [0.15, 0.2) is 60.8 Å². The number of rotatable bonds is 4. The molecule has 0 saturated carbocycles. The molecule has 5 heteroatoms. The van der Waals surface area contributed by atoms with E-state index in [-0.39, 0.29) is 0 Å². The first-order valence-electron chi connectivity index (χ1n) is 6.65. The maximum absolute atomic E-state index is 9.04. The Morgan fingerprint density at radius 1 is 1.00 bits per heavy atom. The molecular weight excluding hydrogens is 265 g/mol. The lowest BCUT2D eigenvalue weighted by molar-refractivity contribution is 0.306. The average molecular weight is 279 g/mol. The summed E-state index contributed by atoms with van der Waals surface area (Å²) in [4.78, 5) is 4.29. The van der Waals surface area contributed by atoms with E-state index in [4.69, 9.17) is 14.8 Å². The second-order valence-electron chi connectivity index (χ2n) is 4.76. The van der Waals surface area contributed by atoms with Crippen LogP contribution < -0.4 is 10.2 Å². The van der Waals surface area contributed by atoms with Crippen LogP contribution in [0.25, 0.3) is 10.9 Å². The highest BCUT2D eigenvalue weighted by molar-refractivity contribution is 6.58. The van der Waals surface area contributed by atoms with Gasteiger partial charge in [0, 0.05) is 17.6 Å². The van der Waals surface area contributed by atoms with Crippen LogP contribution in [0.3, 0.4) is 0 Å². The molecule has 0 spiro atoms. The van der Waals surface area contributed by atoms with Gasteiger partial charge in [-0.05, 0) is 29.2 Å². The zero-order valence-corrected chi connectivity index (χ0v) is 11.3. The van der Waals surface area contributed by atoms with Crippen LogP contribution in [0.5, 0.6) is 5.75 Å². The van der Waals surface area contributed by atoms with Gasteiger partial charge < -0.3 is 14.8 Å². The van der Waals surface area contributed by atoms with Crippen LogP contribution >= 0.6 is 0 Å². The summed E-state index contributed by atoms with van der Waals surface area (Å²) in [5.41, 5.74) is 2.32. The molecule has 1 heterocycles. The largest absolute Gasteiger partial charge is 0.489 e. The number of hydrogen-bond donors (Lipinski definition) is 2. The van der Waals surface area contributed by atoms with Gasteiger partial charge in [0.25, 0.3) is 0 Å². The Balaban J connectivity index is 1.71. The van der Waals surface area contributed by atoms with E-state index in [1.54, 1.807) is 18.3 Å². The normalized spacial score (nSPS) is 10.6. The molecule has 3 rings (SSSR count). The van der Waals surface area contributed by atoms with Gasteiger partial charge in [-0.1, -0.05) is 30.3 Å². The van der Waals surface area contributed by atoms with Crippen LogP contribution in [0.1, 0.15) is 5.56 Å². The van der Waals surface area contributed by atoms with Crippen molar-refractivity contribution >= 4 is 23.5 Å². The second kappa shape index (κ2) is 5.95. The first-order chi connectivity index (χ1) is 10.2. The Hall–Kier alpha value is -2.37. The zero-order valence-electron chi connectivity index (χ0n) is 11.3. The predicted molar refractivity (Wildman–Crippen MR) is 82.3 cm³/mol. The Labute approximate surface area is 122 Å². The van der Waals surface area contributed by atoms with Crippen molar-refractivity contribution in [3.05, 3.63) is 66.4 Å². The first-order valence-corrected chi connectivity index (χ1v) is 6.65. The minimum absolute atomic E-state index is 0.417. The third-order valence-corrected chi connectivity index (χ3v) is 3.26. The molecule has 3 aromatic rings. The maximum Gasteiger partial charge on any atom is 0.488 e. The highest BCUT2D eigenvalue weighted by Crippen LogP contribution is 2.19. The lowest BCUT2D eigenvalue weighted by atomic mass is 9.80. The summed E-state index contributed by atoms with van der Waals surface area (Å²) < 4.78 is 5.74. The van der Waals surface area contributed by atoms with E-state index in [9.17, 15) is 0 Å². The molecule has 2 aromatic carbocycles. The van der Waals surface area contributed by atoms with E-state index in [0.717, 1.165) is 22.2 Å². The fourth-order valence-electron chi connectivity index (χ4n) is 2.09. The number of nitrogens with zero attached hydrogens (tertiary/aromatic N) is 1. The van der Waals surface area contributed by atoms with E-state index in [1.165, 1.54) is 0 Å². The van der Waals surface area contributed by atoms with Crippen LogP contribution in [0, 0.1) is 0 Å². The van der Waals surface area contributed by atoms with E-state index in [0.29, 0.717) is 12.1 Å². The Morgan fingerprint density at radius 3 is 2.57 bits per heavy atom. The van der Waals surface area contributed by atoms with Gasteiger partial charge >= 0.3 is 7.12 Å². The molecule has 0 radical (unpaired) electrons. The van der Waals surface area contributed by atoms with Gasteiger partial charge in [-0.3, -0.25) is 4.98 Å². The van der Waals surface area contributed by atoms with Gasteiger partial charge in [0.1, 0.15) is 12.4 Å². The van der Waals surface area contributed by atoms with Crippen molar-refractivity contribution in [1.82, 2.24) is 4.98 Å². The van der Waals surface area contributed by atoms with Gasteiger partial charge in [0.15, 0.2) is 0 Å². The van der Waals surface area contributed by atoms with Crippen molar-refractivity contribution in [2.75, 3.05) is 0 Å². The van der Waals surface area contributed by atoms with Crippen LogP contribution in [-0.2, 0) is 6.61 Å². The van der Waals surface area contributed by atoms with Gasteiger partial charge in [0.2, 0.25) is 0 Å². The van der Waals surface area contributed by atoms with E-state index >= 15 is 0 Å². The molecule has 0 aliphatic carbocycles. The summed E-state index contributed by atoms with van der Waals surface area (Å²) in [7, 11) is -1.44. The summed E-state index contributed by atoms with van der Waals surface area (Å²) >= 11 is 0. The molecule has 4 nitrogen and oxygen atoms in total. The second-order valence-corrected chi connectivity index (χ2v) is 4.76. The molecule has 104 valence electrons. The van der Waals surface area contributed by atoms with Crippen molar-refractivity contribution < 1.29 is 14.8 Å². The number of pyridine rings is 1. The van der Waals surface area contributed by atoms with Gasteiger partial charge in [-0.15, -0.1) is 0 Å². The van der Waals surface area contributed by atoms with Crippen molar-refractivity contribution in [1.29, 1.82) is 0 Å². The zero-order chi connectivity index (χ0) is 14.7. The van der Waals surface area contributed by atoms with E-state index in [2.05, 4.69) is 4.98 Å². The topological polar surface area (TPSA) is 62.6 Å². The Bertz CT molecular complexity index is 744. The van der Waals surface area contributed by atoms with Crippen LogP contribution in [-0.4, -0.2) is 22.2 Å². The minimum Gasteiger partial charge on any atom is -0.489 e. The maximum atomic E-state index is 9.04. The fourth-order valence-corrected chi connectivity index (χ4v) is 2.09. The molecule has 0 fully saturated rings. The molecular formula is C16H14BNO3. The highest BCUT2D eigenvalue weighted by atomic mass is 16.5. The number of fused-ring (bicyclic) bond motifs is 1. The van der Waals surface area contributed by atoms with Gasteiger partial charge in [0.05, 0.1) is 5.52 Å². The van der Waals surface area contributed by atoms with Gasteiger partial charge in [-0.2, -0.15) is 0 Å². The van der Waals surface area contributed by atoms with E-state index < -0.39 is 7.12 Å². The minimum atomic E-state index is -1.44. The molecule has 2 N–H and O–H groups in total. The summed E-state index contributed by atoms with van der Waals surface area (Å²) in [5, 5.41) is 19.2. The molecule has 0 atom stereocenters.